The molecule has 4 atom stereocenters. The fraction of sp³-hybridized carbons (Fsp3) is 1.00. The summed E-state index contributed by atoms with van der Waals surface area (Å²) in [5, 5.41) is -0.548. The zero-order chi connectivity index (χ0) is 11.1. The first kappa shape index (κ1) is 10.7. The van der Waals surface area contributed by atoms with Crippen LogP contribution >= 0.6 is 18.5 Å². The van der Waals surface area contributed by atoms with E-state index >= 15 is 0 Å². The summed E-state index contributed by atoms with van der Waals surface area (Å²) < 4.78 is 18.0. The summed E-state index contributed by atoms with van der Waals surface area (Å²) in [4.78, 5) is 0. The van der Waals surface area contributed by atoms with Crippen molar-refractivity contribution in [1.29, 1.82) is 0 Å². The summed E-state index contributed by atoms with van der Waals surface area (Å²) >= 11 is 6.54. The van der Waals surface area contributed by atoms with Gasteiger partial charge >= 0.3 is 0 Å². The van der Waals surface area contributed by atoms with Crippen LogP contribution in [0.5, 0.6) is 0 Å². The molecule has 4 bridgehead atoms. The van der Waals surface area contributed by atoms with Crippen molar-refractivity contribution < 1.29 is 14.2 Å². The highest BCUT2D eigenvalue weighted by molar-refractivity contribution is 7.86. The lowest BCUT2D eigenvalue weighted by molar-refractivity contribution is -0.467. The average molecular weight is 251 g/mol. The van der Waals surface area contributed by atoms with E-state index in [9.17, 15) is 0 Å². The topological polar surface area (TPSA) is 27.7 Å². The van der Waals surface area contributed by atoms with Gasteiger partial charge in [-0.1, -0.05) is 11.2 Å². The van der Waals surface area contributed by atoms with Crippen LogP contribution < -0.4 is 0 Å². The Balaban J connectivity index is 2.12. The summed E-state index contributed by atoms with van der Waals surface area (Å²) in [7, 11) is -0.806. The summed E-state index contributed by atoms with van der Waals surface area (Å²) in [6, 6.07) is 0. The lowest BCUT2D eigenvalue weighted by Crippen LogP contribution is -2.70. The molecule has 86 valence electrons. The van der Waals surface area contributed by atoms with E-state index in [1.165, 1.54) is 0 Å². The Morgan fingerprint density at radius 1 is 0.867 bits per heavy atom. The Kier molecular flexibility index (Phi) is 1.82. The summed E-state index contributed by atoms with van der Waals surface area (Å²) in [6.45, 7) is 8.15. The lowest BCUT2D eigenvalue weighted by Gasteiger charge is -2.68. The molecule has 5 heteroatoms. The highest BCUT2D eigenvalue weighted by atomic mass is 35.7. The van der Waals surface area contributed by atoms with Gasteiger partial charge in [0.1, 0.15) is 10.7 Å². The molecule has 0 saturated carbocycles. The van der Waals surface area contributed by atoms with E-state index in [0.717, 1.165) is 12.8 Å². The van der Waals surface area contributed by atoms with Crippen molar-refractivity contribution in [3.8, 4) is 0 Å². The van der Waals surface area contributed by atoms with Gasteiger partial charge in [0.2, 0.25) is 0 Å². The standard InChI is InChI=1S/C10H16ClO3P/c1-7-5-9(3)14-8(2,12-7)6-10(4,13-7)15(9)11/h5-6H2,1-4H3/t7-,8-,9+,10+/m1/s1. The van der Waals surface area contributed by atoms with Crippen molar-refractivity contribution in [2.45, 2.75) is 62.8 Å². The van der Waals surface area contributed by atoms with Gasteiger partial charge in [0, 0.05) is 12.8 Å². The molecule has 4 rings (SSSR count). The van der Waals surface area contributed by atoms with Crippen LogP contribution in [0.2, 0.25) is 0 Å². The summed E-state index contributed by atoms with van der Waals surface area (Å²) in [6.07, 6.45) is 1.45. The van der Waals surface area contributed by atoms with Crippen LogP contribution in [0.1, 0.15) is 40.5 Å². The van der Waals surface area contributed by atoms with Gasteiger partial charge in [-0.2, -0.15) is 0 Å². The van der Waals surface area contributed by atoms with Crippen LogP contribution in [-0.2, 0) is 14.2 Å². The van der Waals surface area contributed by atoms with E-state index in [4.69, 9.17) is 25.5 Å². The monoisotopic (exact) mass is 250 g/mol. The molecule has 4 aliphatic heterocycles. The predicted octanol–water partition coefficient (Wildman–Crippen LogP) is 3.36. The highest BCUT2D eigenvalue weighted by Gasteiger charge is 2.70. The minimum Gasteiger partial charge on any atom is -0.338 e. The smallest absolute Gasteiger partial charge is 0.173 e. The second-order valence-corrected chi connectivity index (χ2v) is 9.03. The molecule has 15 heavy (non-hydrogen) atoms. The number of ether oxygens (including phenoxy) is 3. The maximum Gasteiger partial charge on any atom is 0.173 e. The molecule has 0 aromatic heterocycles. The third kappa shape index (κ3) is 1.28. The van der Waals surface area contributed by atoms with Crippen molar-refractivity contribution in [3.05, 3.63) is 0 Å². The van der Waals surface area contributed by atoms with Crippen LogP contribution in [0.3, 0.4) is 0 Å². The Bertz CT molecular complexity index is 291. The summed E-state index contributed by atoms with van der Waals surface area (Å²) in [5.74, 6) is -1.05. The van der Waals surface area contributed by atoms with Crippen LogP contribution in [0.4, 0.5) is 0 Å². The molecular weight excluding hydrogens is 235 g/mol. The number of halogens is 1. The van der Waals surface area contributed by atoms with Gasteiger partial charge in [-0.15, -0.1) is 0 Å². The molecule has 4 fully saturated rings. The SMILES string of the molecule is C[C@]12C[C@@]3(C)O[C@](C)(C[C@@](C)(O1)P3Cl)O2. The molecular formula is C10H16ClO3P. The zero-order valence-corrected chi connectivity index (χ0v) is 11.1. The van der Waals surface area contributed by atoms with Crippen molar-refractivity contribution in [2.24, 2.45) is 0 Å². The third-order valence-corrected chi connectivity index (χ3v) is 7.74. The van der Waals surface area contributed by atoms with Crippen molar-refractivity contribution in [3.63, 3.8) is 0 Å². The molecule has 0 radical (unpaired) electrons. The van der Waals surface area contributed by atoms with E-state index in [2.05, 4.69) is 13.8 Å². The first-order chi connectivity index (χ1) is 6.69. The van der Waals surface area contributed by atoms with Gasteiger partial charge < -0.3 is 14.2 Å². The Morgan fingerprint density at radius 3 is 1.67 bits per heavy atom. The first-order valence-electron chi connectivity index (χ1n) is 5.26. The van der Waals surface area contributed by atoms with Crippen LogP contribution in [-0.4, -0.2) is 22.3 Å². The number of hydrogen-bond donors (Lipinski definition) is 0. The molecule has 0 unspecified atom stereocenters. The fourth-order valence-corrected chi connectivity index (χ4v) is 6.52. The predicted molar refractivity (Wildman–Crippen MR) is 58.9 cm³/mol. The van der Waals surface area contributed by atoms with Crippen LogP contribution in [0, 0.1) is 0 Å². The minimum atomic E-state index is -0.806. The zero-order valence-electron chi connectivity index (χ0n) is 9.46. The average Bonchev–Trinajstić information content (AvgIpc) is 1.93. The van der Waals surface area contributed by atoms with Gasteiger partial charge in [-0.05, 0) is 27.7 Å². The van der Waals surface area contributed by atoms with Gasteiger partial charge in [0.15, 0.2) is 11.6 Å². The highest BCUT2D eigenvalue weighted by Crippen LogP contribution is 2.78. The molecule has 0 aromatic rings. The van der Waals surface area contributed by atoms with Crippen LogP contribution in [0.15, 0.2) is 0 Å². The van der Waals surface area contributed by atoms with Crippen molar-refractivity contribution in [1.82, 2.24) is 0 Å². The first-order valence-corrected chi connectivity index (χ1v) is 7.50. The molecule has 4 heterocycles. The molecule has 0 amide bonds. The normalized spacial score (nSPS) is 67.4. The number of hydrogen-bond acceptors (Lipinski definition) is 3. The quantitative estimate of drug-likeness (QED) is 0.617. The Hall–Kier alpha value is 0.600. The van der Waals surface area contributed by atoms with Gasteiger partial charge in [-0.3, -0.25) is 0 Å². The maximum atomic E-state index is 6.54. The molecule has 0 aliphatic carbocycles. The summed E-state index contributed by atoms with van der Waals surface area (Å²) in [5.41, 5.74) is 0. The van der Waals surface area contributed by atoms with Gasteiger partial charge in [0.25, 0.3) is 0 Å². The Morgan fingerprint density at radius 2 is 1.27 bits per heavy atom. The van der Waals surface area contributed by atoms with Crippen LogP contribution in [0.25, 0.3) is 0 Å². The van der Waals surface area contributed by atoms with E-state index in [0.29, 0.717) is 0 Å². The lowest BCUT2D eigenvalue weighted by atomic mass is 9.98. The van der Waals surface area contributed by atoms with Crippen molar-refractivity contribution in [2.75, 3.05) is 0 Å². The molecule has 4 saturated heterocycles. The van der Waals surface area contributed by atoms with E-state index in [1.807, 2.05) is 13.8 Å². The fourth-order valence-electron chi connectivity index (χ4n) is 3.56. The molecule has 0 N–H and O–H groups in total. The molecule has 3 nitrogen and oxygen atoms in total. The van der Waals surface area contributed by atoms with Crippen molar-refractivity contribution >= 4 is 18.5 Å². The largest absolute Gasteiger partial charge is 0.338 e. The second kappa shape index (κ2) is 2.54. The van der Waals surface area contributed by atoms with E-state index in [-0.39, 0.29) is 10.7 Å². The van der Waals surface area contributed by atoms with E-state index < -0.39 is 18.8 Å². The van der Waals surface area contributed by atoms with E-state index in [1.54, 1.807) is 0 Å². The van der Waals surface area contributed by atoms with Gasteiger partial charge in [-0.25, -0.2) is 0 Å². The number of rotatable bonds is 0. The minimum absolute atomic E-state index is 0.274. The third-order valence-electron chi connectivity index (χ3n) is 3.43. The second-order valence-electron chi connectivity index (χ2n) is 5.56. The van der Waals surface area contributed by atoms with Gasteiger partial charge in [0.05, 0.1) is 7.27 Å². The molecule has 4 aliphatic rings. The molecule has 0 aromatic carbocycles. The Labute approximate surface area is 95.9 Å². The maximum absolute atomic E-state index is 6.54. The molecule has 0 spiro atoms.